The smallest absolute Gasteiger partial charge is 0.160 e. The Bertz CT molecular complexity index is 3080. The zero-order chi connectivity index (χ0) is 37.9. The molecule has 8 aromatic carbocycles. The summed E-state index contributed by atoms with van der Waals surface area (Å²) in [5.74, 6) is 0.705. The van der Waals surface area contributed by atoms with Gasteiger partial charge < -0.3 is 0 Å². The summed E-state index contributed by atoms with van der Waals surface area (Å²) in [5.41, 5.74) is 15.9. The first kappa shape index (κ1) is 33.4. The van der Waals surface area contributed by atoms with Crippen LogP contribution in [0.2, 0.25) is 0 Å². The molecule has 0 N–H and O–H groups in total. The van der Waals surface area contributed by atoms with E-state index < -0.39 is 0 Å². The van der Waals surface area contributed by atoms with Crippen LogP contribution in [0.5, 0.6) is 0 Å². The molecule has 1 aliphatic carbocycles. The van der Waals surface area contributed by atoms with E-state index in [0.717, 1.165) is 33.6 Å². The lowest BCUT2D eigenvalue weighted by atomic mass is 9.74. The second kappa shape index (κ2) is 13.4. The lowest BCUT2D eigenvalue weighted by Crippen LogP contribution is -2.22. The van der Waals surface area contributed by atoms with Gasteiger partial charge in [0, 0.05) is 42.3 Å². The molecule has 0 amide bonds. The van der Waals surface area contributed by atoms with Gasteiger partial charge in [-0.15, -0.1) is 11.3 Å². The van der Waals surface area contributed by atoms with E-state index in [-0.39, 0.29) is 5.41 Å². The third kappa shape index (κ3) is 5.54. The van der Waals surface area contributed by atoms with Gasteiger partial charge in [0.05, 0.1) is 11.4 Å². The maximum absolute atomic E-state index is 5.30. The molecule has 0 fully saturated rings. The van der Waals surface area contributed by atoms with E-state index in [0.29, 0.717) is 5.82 Å². The lowest BCUT2D eigenvalue weighted by molar-refractivity contribution is 0.714. The second-order valence-electron chi connectivity index (χ2n) is 15.1. The highest BCUT2D eigenvalue weighted by atomic mass is 32.1. The Balaban J connectivity index is 1.08. The molecule has 0 aliphatic heterocycles. The number of thiophene rings is 1. The third-order valence-corrected chi connectivity index (χ3v) is 13.0. The molecule has 2 aromatic heterocycles. The minimum absolute atomic E-state index is 0.261. The monoisotopic (exact) mass is 744 g/mol. The van der Waals surface area contributed by atoms with E-state index in [4.69, 9.17) is 9.97 Å². The van der Waals surface area contributed by atoms with Gasteiger partial charge in [0.15, 0.2) is 5.82 Å². The third-order valence-electron chi connectivity index (χ3n) is 11.8. The van der Waals surface area contributed by atoms with E-state index in [1.54, 1.807) is 0 Å². The first-order valence-corrected chi connectivity index (χ1v) is 20.3. The van der Waals surface area contributed by atoms with Gasteiger partial charge >= 0.3 is 0 Å². The van der Waals surface area contributed by atoms with Crippen molar-refractivity contribution in [3.63, 3.8) is 0 Å². The van der Waals surface area contributed by atoms with E-state index in [1.165, 1.54) is 64.7 Å². The average molecular weight is 745 g/mol. The van der Waals surface area contributed by atoms with Crippen molar-refractivity contribution in [1.82, 2.24) is 9.97 Å². The largest absolute Gasteiger partial charge is 0.228 e. The number of hydrogen-bond donors (Lipinski definition) is 0. The van der Waals surface area contributed by atoms with E-state index in [2.05, 4.69) is 201 Å². The zero-order valence-corrected chi connectivity index (χ0v) is 32.2. The predicted molar refractivity (Wildman–Crippen MR) is 240 cm³/mol. The molecule has 0 unspecified atom stereocenters. The fourth-order valence-corrected chi connectivity index (χ4v) is 10.1. The summed E-state index contributed by atoms with van der Waals surface area (Å²) in [5, 5.41) is 2.59. The lowest BCUT2D eigenvalue weighted by Gasteiger charge is -2.28. The van der Waals surface area contributed by atoms with Crippen LogP contribution in [0.4, 0.5) is 0 Å². The first-order valence-electron chi connectivity index (χ1n) is 19.5. The highest BCUT2D eigenvalue weighted by Gasteiger charge is 2.40. The van der Waals surface area contributed by atoms with Crippen LogP contribution in [0.3, 0.4) is 0 Å². The summed E-state index contributed by atoms with van der Waals surface area (Å²) in [6, 6.07) is 72.2. The highest BCUT2D eigenvalue weighted by molar-refractivity contribution is 7.26. The average Bonchev–Trinajstić information content (AvgIpc) is 3.80. The van der Waals surface area contributed by atoms with Crippen molar-refractivity contribution in [2.45, 2.75) is 12.3 Å². The molecule has 2 heterocycles. The van der Waals surface area contributed by atoms with Crippen molar-refractivity contribution in [3.05, 3.63) is 217 Å². The fraction of sp³-hybridized carbons (Fsp3) is 0.0370. The van der Waals surface area contributed by atoms with Crippen LogP contribution in [-0.4, -0.2) is 9.97 Å². The molecule has 10 aromatic rings. The summed E-state index contributed by atoms with van der Waals surface area (Å²) in [6.07, 6.45) is 0. The molecule has 268 valence electrons. The molecule has 0 radical (unpaired) electrons. The Morgan fingerprint density at radius 3 is 1.65 bits per heavy atom. The molecule has 0 saturated carbocycles. The number of hydrogen-bond acceptors (Lipinski definition) is 3. The van der Waals surface area contributed by atoms with Crippen molar-refractivity contribution >= 4 is 31.5 Å². The minimum Gasteiger partial charge on any atom is -0.228 e. The van der Waals surface area contributed by atoms with Gasteiger partial charge in [0.2, 0.25) is 0 Å². The molecule has 0 bridgehead atoms. The second-order valence-corrected chi connectivity index (χ2v) is 16.1. The van der Waals surface area contributed by atoms with Gasteiger partial charge in [-0.1, -0.05) is 170 Å². The van der Waals surface area contributed by atoms with Gasteiger partial charge in [-0.2, -0.15) is 0 Å². The van der Waals surface area contributed by atoms with Crippen LogP contribution < -0.4 is 0 Å². The topological polar surface area (TPSA) is 25.8 Å². The van der Waals surface area contributed by atoms with Crippen LogP contribution in [0.15, 0.2) is 200 Å². The van der Waals surface area contributed by atoms with Crippen molar-refractivity contribution in [1.29, 1.82) is 0 Å². The number of rotatable bonds is 6. The Kier molecular flexibility index (Phi) is 7.84. The van der Waals surface area contributed by atoms with Crippen LogP contribution in [0.25, 0.3) is 87.5 Å². The van der Waals surface area contributed by atoms with Gasteiger partial charge in [-0.3, -0.25) is 0 Å². The van der Waals surface area contributed by atoms with Crippen molar-refractivity contribution in [2.75, 3.05) is 0 Å². The summed E-state index contributed by atoms with van der Waals surface area (Å²) in [4.78, 5) is 10.5. The molecule has 0 saturated heterocycles. The number of aromatic nitrogens is 2. The van der Waals surface area contributed by atoms with Crippen LogP contribution >= 0.6 is 11.3 Å². The molecule has 0 atom stereocenters. The summed E-state index contributed by atoms with van der Waals surface area (Å²) < 4.78 is 2.60. The van der Waals surface area contributed by atoms with Gasteiger partial charge in [-0.25, -0.2) is 9.97 Å². The maximum Gasteiger partial charge on any atom is 0.160 e. The van der Waals surface area contributed by atoms with Crippen LogP contribution in [0.1, 0.15) is 23.6 Å². The molecular formula is C54H36N2S. The number of nitrogens with zero attached hydrogens (tertiary/aromatic N) is 2. The Hall–Kier alpha value is -6.94. The van der Waals surface area contributed by atoms with Crippen molar-refractivity contribution < 1.29 is 0 Å². The Labute approximate surface area is 336 Å². The summed E-state index contributed by atoms with van der Waals surface area (Å²) in [7, 11) is 0. The van der Waals surface area contributed by atoms with Crippen molar-refractivity contribution in [2.24, 2.45) is 0 Å². The SMILES string of the molecule is CC1(c2ccc(-c3cc(-c4cc(-c5ccccc5)cc(-c5cccc6c5sc5ccccc56)c4)nc(-c4ccccc4)n3)cc2)c2ccccc2-c2ccccc21. The quantitative estimate of drug-likeness (QED) is 0.169. The molecule has 2 nitrogen and oxygen atoms in total. The van der Waals surface area contributed by atoms with Gasteiger partial charge in [-0.05, 0) is 87.3 Å². The number of benzene rings is 8. The molecular weight excluding hydrogens is 709 g/mol. The molecule has 0 spiro atoms. The van der Waals surface area contributed by atoms with Crippen molar-refractivity contribution in [3.8, 4) is 67.3 Å². The Morgan fingerprint density at radius 2 is 0.930 bits per heavy atom. The predicted octanol–water partition coefficient (Wildman–Crippen LogP) is 14.5. The fourth-order valence-electron chi connectivity index (χ4n) is 8.90. The summed E-state index contributed by atoms with van der Waals surface area (Å²) >= 11 is 1.86. The van der Waals surface area contributed by atoms with Crippen LogP contribution in [-0.2, 0) is 5.41 Å². The van der Waals surface area contributed by atoms with E-state index in [9.17, 15) is 0 Å². The summed E-state index contributed by atoms with van der Waals surface area (Å²) in [6.45, 7) is 2.36. The molecule has 1 aliphatic rings. The Morgan fingerprint density at radius 1 is 0.386 bits per heavy atom. The number of fused-ring (bicyclic) bond motifs is 6. The highest BCUT2D eigenvalue weighted by Crippen LogP contribution is 2.52. The van der Waals surface area contributed by atoms with E-state index in [1.807, 2.05) is 17.4 Å². The van der Waals surface area contributed by atoms with Gasteiger partial charge in [0.25, 0.3) is 0 Å². The van der Waals surface area contributed by atoms with Crippen LogP contribution in [0, 0.1) is 0 Å². The first-order chi connectivity index (χ1) is 28.1. The van der Waals surface area contributed by atoms with E-state index >= 15 is 0 Å². The molecule has 11 rings (SSSR count). The zero-order valence-electron chi connectivity index (χ0n) is 31.4. The minimum atomic E-state index is -0.261. The standard InChI is InChI=1S/C54H36N2S/c1-54(47-24-11-8-19-43(47)44-20-9-12-25-48(44)54)41-29-27-36(28-30-41)49-34-50(56-53(55-49)37-17-6-3-7-18-37)40-32-38(35-15-4-2-5-16-35)31-39(33-40)42-22-14-23-46-45-21-10-13-26-51(45)57-52(42)46/h2-34H,1H3. The normalized spacial score (nSPS) is 12.8. The van der Waals surface area contributed by atoms with Gasteiger partial charge in [0.1, 0.15) is 0 Å². The molecule has 57 heavy (non-hydrogen) atoms. The maximum atomic E-state index is 5.30. The molecule has 3 heteroatoms.